The Balaban J connectivity index is 1.52. The quantitative estimate of drug-likeness (QED) is 0.299. The molecule has 2 aromatic carbocycles. The molecule has 27 heavy (non-hydrogen) atoms. The van der Waals surface area contributed by atoms with Gasteiger partial charge in [0.15, 0.2) is 6.29 Å². The number of hydrogen-bond acceptors (Lipinski definition) is 5. The summed E-state index contributed by atoms with van der Waals surface area (Å²) in [5, 5.41) is 3.81. The van der Waals surface area contributed by atoms with Gasteiger partial charge >= 0.3 is 0 Å². The summed E-state index contributed by atoms with van der Waals surface area (Å²) < 4.78 is 22.7. The summed E-state index contributed by atoms with van der Waals surface area (Å²) in [6, 6.07) is 17.1. The van der Waals surface area contributed by atoms with Gasteiger partial charge in [-0.2, -0.15) is 0 Å². The maximum atomic E-state index is 8.79. The van der Waals surface area contributed by atoms with Crippen molar-refractivity contribution in [2.24, 2.45) is 5.11 Å². The van der Waals surface area contributed by atoms with Crippen LogP contribution in [0.15, 0.2) is 59.7 Å². The van der Waals surface area contributed by atoms with Crippen LogP contribution in [0.1, 0.15) is 23.8 Å². The molecule has 7 nitrogen and oxygen atoms in total. The lowest BCUT2D eigenvalue weighted by molar-refractivity contribution is -0.227. The van der Waals surface area contributed by atoms with Gasteiger partial charge in [0.1, 0.15) is 5.75 Å². The van der Waals surface area contributed by atoms with Crippen molar-refractivity contribution < 1.29 is 18.9 Å². The van der Waals surface area contributed by atoms with Crippen LogP contribution in [-0.2, 0) is 20.8 Å². The molecule has 0 amide bonds. The van der Waals surface area contributed by atoms with Gasteiger partial charge in [-0.15, -0.1) is 0 Å². The van der Waals surface area contributed by atoms with E-state index in [-0.39, 0.29) is 12.1 Å². The van der Waals surface area contributed by atoms with Crippen molar-refractivity contribution >= 4 is 0 Å². The lowest BCUT2D eigenvalue weighted by Gasteiger charge is -2.34. The van der Waals surface area contributed by atoms with E-state index in [1.807, 2.05) is 54.6 Å². The second-order valence-corrected chi connectivity index (χ2v) is 6.21. The Kier molecular flexibility index (Phi) is 7.07. The van der Waals surface area contributed by atoms with Crippen LogP contribution in [0.4, 0.5) is 0 Å². The standard InChI is InChI=1S/C20H23N3O4/c1-24-17-9-7-15(8-10-17)13-25-12-11-19-18(22-23-21)14-26-20(27-19)16-5-3-2-4-6-16/h2-10,18-20H,11-14H2,1H3/t18-,19-,20?/m0/s1. The highest BCUT2D eigenvalue weighted by atomic mass is 16.7. The van der Waals surface area contributed by atoms with Crippen molar-refractivity contribution in [3.8, 4) is 5.75 Å². The van der Waals surface area contributed by atoms with Crippen LogP contribution < -0.4 is 4.74 Å². The second-order valence-electron chi connectivity index (χ2n) is 6.21. The highest BCUT2D eigenvalue weighted by molar-refractivity contribution is 5.26. The minimum Gasteiger partial charge on any atom is -0.497 e. The fourth-order valence-corrected chi connectivity index (χ4v) is 2.91. The molecule has 7 heteroatoms. The second kappa shape index (κ2) is 9.94. The van der Waals surface area contributed by atoms with Gasteiger partial charge in [0.05, 0.1) is 32.5 Å². The first-order chi connectivity index (χ1) is 13.3. The van der Waals surface area contributed by atoms with Crippen molar-refractivity contribution in [2.45, 2.75) is 31.5 Å². The molecular weight excluding hydrogens is 346 g/mol. The molecule has 1 saturated heterocycles. The van der Waals surface area contributed by atoms with Crippen LogP contribution in [0.2, 0.25) is 0 Å². The topological polar surface area (TPSA) is 85.7 Å². The Labute approximate surface area is 158 Å². The summed E-state index contributed by atoms with van der Waals surface area (Å²) in [7, 11) is 1.64. The average molecular weight is 369 g/mol. The zero-order valence-electron chi connectivity index (χ0n) is 15.2. The van der Waals surface area contributed by atoms with Gasteiger partial charge in [0.25, 0.3) is 0 Å². The number of methoxy groups -OCH3 is 1. The van der Waals surface area contributed by atoms with Gasteiger partial charge in [-0.1, -0.05) is 47.6 Å². The summed E-state index contributed by atoms with van der Waals surface area (Å²) in [5.74, 6) is 0.818. The monoisotopic (exact) mass is 369 g/mol. The van der Waals surface area contributed by atoms with E-state index in [2.05, 4.69) is 10.0 Å². The first-order valence-electron chi connectivity index (χ1n) is 8.87. The molecule has 1 unspecified atom stereocenters. The summed E-state index contributed by atoms with van der Waals surface area (Å²) in [6.45, 7) is 1.32. The zero-order valence-corrected chi connectivity index (χ0v) is 15.2. The van der Waals surface area contributed by atoms with E-state index < -0.39 is 6.29 Å². The predicted octanol–water partition coefficient (Wildman–Crippen LogP) is 4.40. The molecule has 2 aromatic rings. The van der Waals surface area contributed by atoms with E-state index in [4.69, 9.17) is 24.5 Å². The molecule has 0 bridgehead atoms. The van der Waals surface area contributed by atoms with E-state index in [1.165, 1.54) is 0 Å². The average Bonchev–Trinajstić information content (AvgIpc) is 2.73. The number of hydrogen-bond donors (Lipinski definition) is 0. The fourth-order valence-electron chi connectivity index (χ4n) is 2.91. The summed E-state index contributed by atoms with van der Waals surface area (Å²) >= 11 is 0. The van der Waals surface area contributed by atoms with Crippen molar-refractivity contribution in [1.82, 2.24) is 0 Å². The van der Waals surface area contributed by atoms with Gasteiger partial charge in [0.2, 0.25) is 0 Å². The maximum absolute atomic E-state index is 8.79. The van der Waals surface area contributed by atoms with Crippen LogP contribution >= 0.6 is 0 Å². The molecule has 0 saturated carbocycles. The predicted molar refractivity (Wildman–Crippen MR) is 100 cm³/mol. The van der Waals surface area contributed by atoms with Crippen molar-refractivity contribution in [2.75, 3.05) is 20.3 Å². The van der Waals surface area contributed by atoms with Crippen LogP contribution in [0.5, 0.6) is 5.75 Å². The molecule has 0 radical (unpaired) electrons. The molecule has 1 heterocycles. The number of benzene rings is 2. The molecule has 1 aliphatic rings. The Morgan fingerprint density at radius 1 is 1.15 bits per heavy atom. The van der Waals surface area contributed by atoms with Crippen molar-refractivity contribution in [3.05, 3.63) is 76.2 Å². The molecule has 1 aliphatic heterocycles. The Hall–Kier alpha value is -2.57. The van der Waals surface area contributed by atoms with E-state index in [0.29, 0.717) is 26.2 Å². The third-order valence-electron chi connectivity index (χ3n) is 4.39. The third-order valence-corrected chi connectivity index (χ3v) is 4.39. The minimum absolute atomic E-state index is 0.254. The number of azide groups is 1. The summed E-state index contributed by atoms with van der Waals surface area (Å²) in [4.78, 5) is 2.91. The number of nitrogens with zero attached hydrogens (tertiary/aromatic N) is 3. The number of rotatable bonds is 8. The normalized spacial score (nSPS) is 22.0. The zero-order chi connectivity index (χ0) is 18.9. The largest absolute Gasteiger partial charge is 0.497 e. The Morgan fingerprint density at radius 3 is 2.63 bits per heavy atom. The van der Waals surface area contributed by atoms with E-state index in [0.717, 1.165) is 16.9 Å². The van der Waals surface area contributed by atoms with E-state index in [1.54, 1.807) is 7.11 Å². The van der Waals surface area contributed by atoms with Gasteiger partial charge < -0.3 is 18.9 Å². The lowest BCUT2D eigenvalue weighted by Crippen LogP contribution is -2.39. The lowest BCUT2D eigenvalue weighted by atomic mass is 10.1. The van der Waals surface area contributed by atoms with Gasteiger partial charge in [-0.25, -0.2) is 0 Å². The molecular formula is C20H23N3O4. The summed E-state index contributed by atoms with van der Waals surface area (Å²) in [5.41, 5.74) is 10.8. The van der Waals surface area contributed by atoms with Crippen LogP contribution in [0.25, 0.3) is 10.4 Å². The first kappa shape index (κ1) is 19.2. The SMILES string of the molecule is COc1ccc(COCC[C@@H]2OC(c3ccccc3)OC[C@@H]2N=[N+]=[N-])cc1. The first-order valence-corrected chi connectivity index (χ1v) is 8.87. The molecule has 3 atom stereocenters. The molecule has 0 N–H and O–H groups in total. The van der Waals surface area contributed by atoms with Gasteiger partial charge in [-0.05, 0) is 29.6 Å². The molecule has 0 spiro atoms. The number of ether oxygens (including phenoxy) is 4. The van der Waals surface area contributed by atoms with Crippen molar-refractivity contribution in [1.29, 1.82) is 0 Å². The van der Waals surface area contributed by atoms with Gasteiger partial charge in [0, 0.05) is 17.1 Å². The Bertz CT molecular complexity index is 748. The summed E-state index contributed by atoms with van der Waals surface area (Å²) in [6.07, 6.45) is -0.0920. The molecule has 142 valence electrons. The van der Waals surface area contributed by atoms with Gasteiger partial charge in [-0.3, -0.25) is 0 Å². The molecule has 1 fully saturated rings. The van der Waals surface area contributed by atoms with E-state index in [9.17, 15) is 0 Å². The van der Waals surface area contributed by atoms with Crippen LogP contribution in [0, 0.1) is 0 Å². The fraction of sp³-hybridized carbons (Fsp3) is 0.400. The third kappa shape index (κ3) is 5.45. The smallest absolute Gasteiger partial charge is 0.184 e. The molecule has 3 rings (SSSR count). The highest BCUT2D eigenvalue weighted by Crippen LogP contribution is 2.29. The maximum Gasteiger partial charge on any atom is 0.184 e. The van der Waals surface area contributed by atoms with Crippen LogP contribution in [0.3, 0.4) is 0 Å². The molecule has 0 aromatic heterocycles. The van der Waals surface area contributed by atoms with Crippen molar-refractivity contribution in [3.63, 3.8) is 0 Å². The van der Waals surface area contributed by atoms with E-state index >= 15 is 0 Å². The molecule has 0 aliphatic carbocycles. The van der Waals surface area contributed by atoms with Crippen LogP contribution in [-0.4, -0.2) is 32.5 Å². The minimum atomic E-state index is -0.456. The Morgan fingerprint density at radius 2 is 1.93 bits per heavy atom. The highest BCUT2D eigenvalue weighted by Gasteiger charge is 2.31.